The van der Waals surface area contributed by atoms with Crippen molar-refractivity contribution in [3.63, 3.8) is 0 Å². The van der Waals surface area contributed by atoms with Gasteiger partial charge in [-0.3, -0.25) is 9.78 Å². The summed E-state index contributed by atoms with van der Waals surface area (Å²) in [5, 5.41) is 3.17. The molecule has 0 atom stereocenters. The Labute approximate surface area is 226 Å². The smallest absolute Gasteiger partial charge is 0.406 e. The number of carbonyl (C=O) groups excluding carboxylic acids is 1. The lowest BCUT2D eigenvalue weighted by Gasteiger charge is -2.25. The van der Waals surface area contributed by atoms with Crippen molar-refractivity contribution in [2.45, 2.75) is 44.4 Å². The Morgan fingerprint density at radius 2 is 2.00 bits per heavy atom. The molecule has 1 aromatic carbocycles. The fraction of sp³-hybridized carbons (Fsp3) is 0.357. The number of hydrogen-bond acceptors (Lipinski definition) is 5. The van der Waals surface area contributed by atoms with E-state index in [4.69, 9.17) is 9.72 Å². The minimum atomic E-state index is -4.59. The molecule has 206 valence electrons. The largest absolute Gasteiger partial charge is 0.493 e. The van der Waals surface area contributed by atoms with Crippen molar-refractivity contribution >= 4 is 17.4 Å². The molecule has 0 spiro atoms. The van der Waals surface area contributed by atoms with E-state index in [1.807, 2.05) is 12.1 Å². The lowest BCUT2D eigenvalue weighted by Crippen LogP contribution is -2.44. The zero-order chi connectivity index (χ0) is 27.8. The number of anilines is 1. The van der Waals surface area contributed by atoms with Gasteiger partial charge in [0.05, 0.1) is 31.5 Å². The highest BCUT2D eigenvalue weighted by molar-refractivity contribution is 6.03. The first-order chi connectivity index (χ1) is 19.2. The topological polar surface area (TPSA) is 75.6 Å². The van der Waals surface area contributed by atoms with Gasteiger partial charge < -0.3 is 15.0 Å². The molecule has 0 radical (unpaired) electrons. The van der Waals surface area contributed by atoms with Crippen LogP contribution in [0.15, 0.2) is 36.8 Å². The van der Waals surface area contributed by atoms with E-state index in [0.717, 1.165) is 29.0 Å². The Morgan fingerprint density at radius 1 is 1.18 bits per heavy atom. The van der Waals surface area contributed by atoms with Crippen LogP contribution in [-0.4, -0.2) is 44.5 Å². The van der Waals surface area contributed by atoms with Crippen molar-refractivity contribution < 1.29 is 31.7 Å². The van der Waals surface area contributed by atoms with Gasteiger partial charge in [0.1, 0.15) is 18.1 Å². The summed E-state index contributed by atoms with van der Waals surface area (Å²) in [5.74, 6) is 0.125. The zero-order valence-electron chi connectivity index (χ0n) is 21.6. The van der Waals surface area contributed by atoms with E-state index in [0.29, 0.717) is 58.5 Å². The number of fused-ring (bicyclic) bond motifs is 3. The molecule has 8 nitrogen and oxygen atoms in total. The van der Waals surface area contributed by atoms with Crippen molar-refractivity contribution in [1.82, 2.24) is 19.3 Å². The highest BCUT2D eigenvalue weighted by Gasteiger charge is 2.40. The molecule has 3 aliphatic rings. The first-order valence-electron chi connectivity index (χ1n) is 13.1. The third kappa shape index (κ3) is 4.13. The standard InChI is InChI=1S/C28H24F4N6O2/c1-36-14-38-24-19(11-34-27(38)33-10-18-17-8-9-40-23(17)7-5-20(18)29)16-4-6-21(15-2-3-15)35-22(16)12-37(13-28(30,31)32)26(39)25(24)36/h4-7,11,14-15H,2-3,8-10,12-13H2,1H3/p+1. The SMILES string of the molecule is C[n+]1cn2c(NCc3c(F)ccc4c3CCO4)ncc3c2c1C(=O)N(CC(F)(F)F)Cc1nc(C2CC2)ccc1-3. The van der Waals surface area contributed by atoms with E-state index in [9.17, 15) is 22.4 Å². The second-order valence-electron chi connectivity index (χ2n) is 10.5. The van der Waals surface area contributed by atoms with Gasteiger partial charge in [0.2, 0.25) is 5.69 Å². The first kappa shape index (κ1) is 24.8. The number of nitrogens with zero attached hydrogens (tertiary/aromatic N) is 5. The average Bonchev–Trinajstić information content (AvgIpc) is 3.54. The molecule has 1 N–H and O–H groups in total. The van der Waals surface area contributed by atoms with Gasteiger partial charge in [-0.15, -0.1) is 0 Å². The minimum absolute atomic E-state index is 0.0989. The Bertz CT molecular complexity index is 1690. The van der Waals surface area contributed by atoms with Crippen molar-refractivity contribution in [3.8, 4) is 16.9 Å². The molecule has 1 aliphatic carbocycles. The van der Waals surface area contributed by atoms with Crippen LogP contribution in [0, 0.1) is 5.82 Å². The van der Waals surface area contributed by atoms with Gasteiger partial charge in [-0.25, -0.2) is 13.9 Å². The number of ether oxygens (including phenoxy) is 1. The van der Waals surface area contributed by atoms with Crippen LogP contribution in [0.5, 0.6) is 5.75 Å². The number of rotatable bonds is 5. The molecule has 2 aliphatic heterocycles. The summed E-state index contributed by atoms with van der Waals surface area (Å²) in [6, 6.07) is 6.74. The maximum Gasteiger partial charge on any atom is 0.406 e. The number of carbonyl (C=O) groups is 1. The number of halogens is 4. The molecule has 0 bridgehead atoms. The van der Waals surface area contributed by atoms with Crippen LogP contribution in [-0.2, 0) is 26.6 Å². The summed E-state index contributed by atoms with van der Waals surface area (Å²) >= 11 is 0. The van der Waals surface area contributed by atoms with E-state index >= 15 is 0 Å². The van der Waals surface area contributed by atoms with Gasteiger partial charge in [-0.05, 0) is 31.0 Å². The molecule has 1 amide bonds. The average molecular weight is 554 g/mol. The molecule has 40 heavy (non-hydrogen) atoms. The lowest BCUT2D eigenvalue weighted by atomic mass is 10.00. The predicted molar refractivity (Wildman–Crippen MR) is 135 cm³/mol. The number of aryl methyl sites for hydroxylation is 1. The molecular formula is C28H25F4N6O2+. The summed E-state index contributed by atoms with van der Waals surface area (Å²) in [6.45, 7) is -1.09. The minimum Gasteiger partial charge on any atom is -0.493 e. The number of alkyl halides is 3. The monoisotopic (exact) mass is 553 g/mol. The van der Waals surface area contributed by atoms with Gasteiger partial charge in [-0.2, -0.15) is 17.6 Å². The summed E-state index contributed by atoms with van der Waals surface area (Å²) in [5.41, 5.74) is 4.19. The van der Waals surface area contributed by atoms with Gasteiger partial charge in [0.15, 0.2) is 5.52 Å². The number of amides is 1. The van der Waals surface area contributed by atoms with Crippen LogP contribution in [0.3, 0.4) is 0 Å². The lowest BCUT2D eigenvalue weighted by molar-refractivity contribution is -0.672. The first-order valence-corrected chi connectivity index (χ1v) is 13.1. The third-order valence-electron chi connectivity index (χ3n) is 7.75. The molecule has 0 saturated heterocycles. The maximum absolute atomic E-state index is 14.8. The number of aromatic nitrogens is 4. The molecular weight excluding hydrogens is 528 g/mol. The molecule has 3 aromatic heterocycles. The van der Waals surface area contributed by atoms with Crippen LogP contribution in [0.4, 0.5) is 23.5 Å². The Morgan fingerprint density at radius 3 is 2.77 bits per heavy atom. The van der Waals surface area contributed by atoms with Crippen LogP contribution in [0.2, 0.25) is 0 Å². The van der Waals surface area contributed by atoms with Gasteiger partial charge in [0, 0.05) is 47.5 Å². The number of nitrogens with one attached hydrogen (secondary N) is 1. The van der Waals surface area contributed by atoms with E-state index in [2.05, 4.69) is 10.3 Å². The fourth-order valence-electron chi connectivity index (χ4n) is 5.73. The van der Waals surface area contributed by atoms with Crippen LogP contribution in [0.1, 0.15) is 51.8 Å². The van der Waals surface area contributed by atoms with Crippen molar-refractivity contribution in [1.29, 1.82) is 0 Å². The normalized spacial score (nSPS) is 16.4. The molecule has 1 saturated carbocycles. The molecule has 0 unspecified atom stereocenters. The van der Waals surface area contributed by atoms with Crippen molar-refractivity contribution in [2.75, 3.05) is 18.5 Å². The number of hydrogen-bond donors (Lipinski definition) is 1. The second-order valence-corrected chi connectivity index (χ2v) is 10.5. The molecule has 4 aromatic rings. The Kier molecular flexibility index (Phi) is 5.52. The highest BCUT2D eigenvalue weighted by atomic mass is 19.4. The maximum atomic E-state index is 14.8. The van der Waals surface area contributed by atoms with Crippen molar-refractivity contribution in [3.05, 3.63) is 70.8 Å². The van der Waals surface area contributed by atoms with Crippen LogP contribution >= 0.6 is 0 Å². The number of imidazole rings is 1. The van der Waals surface area contributed by atoms with E-state index in [1.54, 1.807) is 30.0 Å². The third-order valence-corrected chi connectivity index (χ3v) is 7.75. The highest BCUT2D eigenvalue weighted by Crippen LogP contribution is 2.41. The molecule has 5 heterocycles. The summed E-state index contributed by atoms with van der Waals surface area (Å²) in [7, 11) is 1.61. The van der Waals surface area contributed by atoms with Gasteiger partial charge in [-0.1, -0.05) is 6.07 Å². The van der Waals surface area contributed by atoms with Gasteiger partial charge in [0.25, 0.3) is 18.2 Å². The Hall–Kier alpha value is -4.22. The van der Waals surface area contributed by atoms with E-state index < -0.39 is 18.6 Å². The fourth-order valence-corrected chi connectivity index (χ4v) is 5.73. The molecule has 7 rings (SSSR count). The number of benzene rings is 1. The van der Waals surface area contributed by atoms with E-state index in [-0.39, 0.29) is 24.6 Å². The second kappa shape index (κ2) is 8.90. The summed E-state index contributed by atoms with van der Waals surface area (Å²) in [4.78, 5) is 23.8. The molecule has 12 heteroatoms. The zero-order valence-corrected chi connectivity index (χ0v) is 21.6. The number of pyridine rings is 1. The Balaban J connectivity index is 1.36. The van der Waals surface area contributed by atoms with Crippen LogP contribution < -0.4 is 14.6 Å². The summed E-state index contributed by atoms with van der Waals surface area (Å²) in [6.07, 6.45) is 1.17. The van der Waals surface area contributed by atoms with E-state index in [1.165, 1.54) is 10.6 Å². The quantitative estimate of drug-likeness (QED) is 0.295. The van der Waals surface area contributed by atoms with Crippen LogP contribution in [0.25, 0.3) is 16.6 Å². The molecule has 1 fully saturated rings. The summed E-state index contributed by atoms with van der Waals surface area (Å²) < 4.78 is 64.3. The van der Waals surface area contributed by atoms with Crippen molar-refractivity contribution in [2.24, 2.45) is 7.05 Å². The predicted octanol–water partition coefficient (Wildman–Crippen LogP) is 4.30. The van der Waals surface area contributed by atoms with Gasteiger partial charge >= 0.3 is 6.18 Å².